The van der Waals surface area contributed by atoms with E-state index >= 15 is 0 Å². The second-order valence-electron chi connectivity index (χ2n) is 3.96. The molecule has 0 unspecified atom stereocenters. The molecule has 102 valence electrons. The third-order valence-electron chi connectivity index (χ3n) is 2.57. The number of halogens is 1. The van der Waals surface area contributed by atoms with Crippen LogP contribution in [0.25, 0.3) is 0 Å². The Bertz CT molecular complexity index is 696. The molecule has 2 aromatic rings. The van der Waals surface area contributed by atoms with Crippen LogP contribution < -0.4 is 10.5 Å². The first-order valence-electron chi connectivity index (χ1n) is 5.51. The van der Waals surface area contributed by atoms with E-state index < -0.39 is 10.0 Å². The number of para-hydroxylation sites is 1. The van der Waals surface area contributed by atoms with Crippen LogP contribution in [0.5, 0.6) is 0 Å². The van der Waals surface area contributed by atoms with Crippen LogP contribution in [0.15, 0.2) is 34.5 Å². The van der Waals surface area contributed by atoms with Gasteiger partial charge in [-0.3, -0.25) is 4.72 Å². The van der Waals surface area contributed by atoms with Crippen molar-refractivity contribution in [2.24, 2.45) is 5.73 Å². The van der Waals surface area contributed by atoms with Crippen LogP contribution in [0.4, 0.5) is 5.69 Å². The molecule has 2 rings (SSSR count). The number of hydrogen-bond acceptors (Lipinski definition) is 4. The molecule has 0 amide bonds. The largest absolute Gasteiger partial charge is 0.326 e. The predicted octanol–water partition coefficient (Wildman–Crippen LogP) is 2.97. The highest BCUT2D eigenvalue weighted by atomic mass is 35.5. The van der Waals surface area contributed by atoms with Crippen molar-refractivity contribution in [3.63, 3.8) is 0 Å². The van der Waals surface area contributed by atoms with Crippen LogP contribution in [0.3, 0.4) is 0 Å². The van der Waals surface area contributed by atoms with E-state index in [4.69, 9.17) is 17.3 Å². The van der Waals surface area contributed by atoms with E-state index in [1.807, 2.05) is 6.92 Å². The van der Waals surface area contributed by atoms with Crippen molar-refractivity contribution in [2.45, 2.75) is 17.7 Å². The Morgan fingerprint density at radius 1 is 1.37 bits per heavy atom. The van der Waals surface area contributed by atoms with Crippen LogP contribution in [-0.2, 0) is 16.6 Å². The minimum atomic E-state index is -3.62. The van der Waals surface area contributed by atoms with E-state index in [2.05, 4.69) is 4.72 Å². The minimum absolute atomic E-state index is 0.241. The number of nitrogens with two attached hydrogens (primary N) is 1. The quantitative estimate of drug-likeness (QED) is 0.911. The first-order chi connectivity index (χ1) is 8.94. The van der Waals surface area contributed by atoms with Gasteiger partial charge in [0.2, 0.25) is 0 Å². The summed E-state index contributed by atoms with van der Waals surface area (Å²) in [5.74, 6) is 0. The van der Waals surface area contributed by atoms with Gasteiger partial charge in [0.15, 0.2) is 0 Å². The maximum Gasteiger partial charge on any atom is 0.271 e. The molecule has 0 spiro atoms. The second kappa shape index (κ2) is 5.50. The Hall–Kier alpha value is -1.08. The van der Waals surface area contributed by atoms with Crippen molar-refractivity contribution < 1.29 is 8.42 Å². The SMILES string of the molecule is Cc1cc(S(=O)(=O)Nc2ccccc2Cl)sc1CN. The first-order valence-corrected chi connectivity index (χ1v) is 8.18. The summed E-state index contributed by atoms with van der Waals surface area (Å²) in [7, 11) is -3.62. The van der Waals surface area contributed by atoms with Gasteiger partial charge >= 0.3 is 0 Å². The number of hydrogen-bond donors (Lipinski definition) is 2. The van der Waals surface area contributed by atoms with Gasteiger partial charge < -0.3 is 5.73 Å². The summed E-state index contributed by atoms with van der Waals surface area (Å²) in [6, 6.07) is 8.32. The number of nitrogens with one attached hydrogen (secondary N) is 1. The molecule has 0 atom stereocenters. The molecule has 0 bridgehead atoms. The normalized spacial score (nSPS) is 11.5. The van der Waals surface area contributed by atoms with Gasteiger partial charge in [0.1, 0.15) is 4.21 Å². The van der Waals surface area contributed by atoms with Gasteiger partial charge in [0.25, 0.3) is 10.0 Å². The van der Waals surface area contributed by atoms with Gasteiger partial charge in [-0.15, -0.1) is 11.3 Å². The maximum atomic E-state index is 12.2. The summed E-state index contributed by atoms with van der Waals surface area (Å²) in [4.78, 5) is 0.861. The average Bonchev–Trinajstić information content (AvgIpc) is 2.74. The lowest BCUT2D eigenvalue weighted by Crippen LogP contribution is -2.11. The van der Waals surface area contributed by atoms with E-state index in [0.717, 1.165) is 10.4 Å². The van der Waals surface area contributed by atoms with Crippen molar-refractivity contribution in [1.82, 2.24) is 0 Å². The molecule has 3 N–H and O–H groups in total. The Kier molecular flexibility index (Phi) is 4.15. The summed E-state index contributed by atoms with van der Waals surface area (Å²) in [5.41, 5.74) is 6.80. The third kappa shape index (κ3) is 3.09. The van der Waals surface area contributed by atoms with Gasteiger partial charge in [-0.2, -0.15) is 0 Å². The zero-order valence-corrected chi connectivity index (χ0v) is 12.6. The monoisotopic (exact) mass is 316 g/mol. The number of anilines is 1. The molecule has 1 aromatic carbocycles. The first kappa shape index (κ1) is 14.3. The van der Waals surface area contributed by atoms with Crippen LogP contribution >= 0.6 is 22.9 Å². The van der Waals surface area contributed by atoms with Crippen LogP contribution in [0.1, 0.15) is 10.4 Å². The van der Waals surface area contributed by atoms with Crippen LogP contribution in [0, 0.1) is 6.92 Å². The Morgan fingerprint density at radius 2 is 2.05 bits per heavy atom. The highest BCUT2D eigenvalue weighted by Gasteiger charge is 2.19. The molecule has 0 aliphatic heterocycles. The molecule has 1 aromatic heterocycles. The molecule has 0 radical (unpaired) electrons. The number of aryl methyl sites for hydroxylation is 1. The van der Waals surface area contributed by atoms with Gasteiger partial charge in [0.05, 0.1) is 10.7 Å². The Balaban J connectivity index is 2.35. The van der Waals surface area contributed by atoms with Crippen molar-refractivity contribution in [3.8, 4) is 0 Å². The summed E-state index contributed by atoms with van der Waals surface area (Å²) in [5, 5.41) is 0.360. The fourth-order valence-corrected chi connectivity index (χ4v) is 4.35. The zero-order chi connectivity index (χ0) is 14.0. The lowest BCUT2D eigenvalue weighted by Gasteiger charge is -2.07. The van der Waals surface area contributed by atoms with Crippen molar-refractivity contribution >= 4 is 38.6 Å². The molecule has 4 nitrogen and oxygen atoms in total. The fraction of sp³-hybridized carbons (Fsp3) is 0.167. The smallest absolute Gasteiger partial charge is 0.271 e. The summed E-state index contributed by atoms with van der Waals surface area (Å²) in [6.07, 6.45) is 0. The maximum absolute atomic E-state index is 12.2. The Labute approximate surface area is 121 Å². The number of thiophene rings is 1. The highest BCUT2D eigenvalue weighted by molar-refractivity contribution is 7.94. The van der Waals surface area contributed by atoms with E-state index in [0.29, 0.717) is 17.3 Å². The van der Waals surface area contributed by atoms with Gasteiger partial charge in [0, 0.05) is 11.4 Å². The van der Waals surface area contributed by atoms with Gasteiger partial charge in [-0.05, 0) is 30.7 Å². The van der Waals surface area contributed by atoms with E-state index in [-0.39, 0.29) is 4.21 Å². The highest BCUT2D eigenvalue weighted by Crippen LogP contribution is 2.29. The van der Waals surface area contributed by atoms with Crippen LogP contribution in [-0.4, -0.2) is 8.42 Å². The summed E-state index contributed by atoms with van der Waals surface area (Å²) in [6.45, 7) is 2.17. The predicted molar refractivity (Wildman–Crippen MR) is 79.2 cm³/mol. The van der Waals surface area contributed by atoms with E-state index in [1.54, 1.807) is 30.3 Å². The zero-order valence-electron chi connectivity index (χ0n) is 10.2. The van der Waals surface area contributed by atoms with Gasteiger partial charge in [-0.25, -0.2) is 8.42 Å². The van der Waals surface area contributed by atoms with Crippen LogP contribution in [0.2, 0.25) is 5.02 Å². The molecule has 7 heteroatoms. The Morgan fingerprint density at radius 3 is 2.63 bits per heavy atom. The van der Waals surface area contributed by atoms with Crippen molar-refractivity contribution in [3.05, 3.63) is 45.8 Å². The number of rotatable bonds is 4. The topological polar surface area (TPSA) is 72.2 Å². The summed E-state index contributed by atoms with van der Waals surface area (Å²) < 4.78 is 27.2. The fourth-order valence-electron chi connectivity index (χ4n) is 1.56. The number of benzene rings is 1. The minimum Gasteiger partial charge on any atom is -0.326 e. The van der Waals surface area contributed by atoms with Gasteiger partial charge in [-0.1, -0.05) is 23.7 Å². The third-order valence-corrected chi connectivity index (χ3v) is 5.99. The lowest BCUT2D eigenvalue weighted by atomic mass is 10.3. The lowest BCUT2D eigenvalue weighted by molar-refractivity contribution is 0.603. The molecular formula is C12H13ClN2O2S2. The average molecular weight is 317 g/mol. The molecule has 0 saturated heterocycles. The molecule has 0 aliphatic carbocycles. The van der Waals surface area contributed by atoms with Crippen molar-refractivity contribution in [1.29, 1.82) is 0 Å². The molecule has 19 heavy (non-hydrogen) atoms. The van der Waals surface area contributed by atoms with Crippen molar-refractivity contribution in [2.75, 3.05) is 4.72 Å². The van der Waals surface area contributed by atoms with E-state index in [1.165, 1.54) is 11.3 Å². The molecule has 0 fully saturated rings. The van der Waals surface area contributed by atoms with E-state index in [9.17, 15) is 8.42 Å². The molecule has 0 saturated carbocycles. The molecule has 1 heterocycles. The number of sulfonamides is 1. The standard InChI is InChI=1S/C12H13ClN2O2S2/c1-8-6-12(18-11(8)7-14)19(16,17)15-10-5-3-2-4-9(10)13/h2-6,15H,7,14H2,1H3. The second-order valence-corrected chi connectivity index (χ2v) is 7.41. The summed E-state index contributed by atoms with van der Waals surface area (Å²) >= 11 is 7.11. The molecule has 0 aliphatic rings. The molecular weight excluding hydrogens is 304 g/mol.